The minimum atomic E-state index is -0.0469. The number of aromatic hydroxyl groups is 2. The lowest BCUT2D eigenvalue weighted by molar-refractivity contribution is 0.373. The van der Waals surface area contributed by atoms with Crippen LogP contribution in [0.5, 0.6) is 23.0 Å². The number of nitriles is 1. The molecule has 0 amide bonds. The van der Waals surface area contributed by atoms with E-state index in [9.17, 15) is 10.2 Å². The lowest BCUT2D eigenvalue weighted by atomic mass is 10.0. The third-order valence-electron chi connectivity index (χ3n) is 6.67. The third kappa shape index (κ3) is 5.98. The molecule has 7 heteroatoms. The second kappa shape index (κ2) is 12.5. The summed E-state index contributed by atoms with van der Waals surface area (Å²) in [6.07, 6.45) is 3.13. The average Bonchev–Trinajstić information content (AvgIpc) is 3.04. The number of aliphatic imine (C=N–C) groups is 2. The van der Waals surface area contributed by atoms with Gasteiger partial charge in [-0.1, -0.05) is 54.6 Å². The van der Waals surface area contributed by atoms with Crippen LogP contribution < -0.4 is 9.47 Å². The number of nitrogens with zero attached hydrogens (tertiary/aromatic N) is 3. The maximum Gasteiger partial charge on any atom is 0.166 e. The fourth-order valence-electron chi connectivity index (χ4n) is 4.43. The molecule has 0 radical (unpaired) electrons. The monoisotopic (exact) mass is 553 g/mol. The SMILES string of the molecule is COc1cc(-c2ccccc2)cc(C=Nc2ccccc2N=Cc2cc(-c3ccc(C#N)cc3)cc(OC)c2O)c1O. The first-order valence-corrected chi connectivity index (χ1v) is 13.1. The number of phenolic OH excluding ortho intramolecular Hbond substituents is 2. The number of benzene rings is 5. The molecule has 5 rings (SSSR count). The topological polar surface area (TPSA) is 107 Å². The van der Waals surface area contributed by atoms with E-state index in [2.05, 4.69) is 16.1 Å². The average molecular weight is 554 g/mol. The number of para-hydroxylation sites is 2. The van der Waals surface area contributed by atoms with Gasteiger partial charge in [0.1, 0.15) is 0 Å². The molecule has 0 saturated carbocycles. The number of phenols is 2. The van der Waals surface area contributed by atoms with Gasteiger partial charge in [-0.3, -0.25) is 9.98 Å². The van der Waals surface area contributed by atoms with Crippen LogP contribution in [0, 0.1) is 11.3 Å². The van der Waals surface area contributed by atoms with Gasteiger partial charge in [-0.25, -0.2) is 0 Å². The van der Waals surface area contributed by atoms with Crippen LogP contribution in [0.3, 0.4) is 0 Å². The molecule has 0 aliphatic carbocycles. The van der Waals surface area contributed by atoms with Crippen molar-refractivity contribution in [1.82, 2.24) is 0 Å². The Labute approximate surface area is 243 Å². The first-order chi connectivity index (χ1) is 20.5. The van der Waals surface area contributed by atoms with Gasteiger partial charge >= 0.3 is 0 Å². The first kappa shape index (κ1) is 27.7. The summed E-state index contributed by atoms with van der Waals surface area (Å²) in [6, 6.07) is 33.5. The molecule has 0 saturated heterocycles. The van der Waals surface area contributed by atoms with Gasteiger partial charge in [0.2, 0.25) is 0 Å². The molecule has 5 aromatic rings. The Kier molecular flexibility index (Phi) is 8.27. The highest BCUT2D eigenvalue weighted by Gasteiger charge is 2.13. The van der Waals surface area contributed by atoms with Crippen molar-refractivity contribution in [3.8, 4) is 51.3 Å². The predicted molar refractivity (Wildman–Crippen MR) is 166 cm³/mol. The summed E-state index contributed by atoms with van der Waals surface area (Å²) in [5.74, 6) is 0.580. The Morgan fingerprint density at radius 3 is 1.50 bits per heavy atom. The highest BCUT2D eigenvalue weighted by atomic mass is 16.5. The molecule has 2 N–H and O–H groups in total. The van der Waals surface area contributed by atoms with Crippen molar-refractivity contribution >= 4 is 23.8 Å². The summed E-state index contributed by atoms with van der Waals surface area (Å²) in [6.45, 7) is 0. The standard InChI is InChI=1S/C35H27N3O4/c1-41-32-18-26(24-8-4-3-5-9-24)16-28(34(32)39)21-37-30-10-6-7-11-31(30)38-22-29-17-27(19-33(42-2)35(29)40)25-14-12-23(20-36)13-15-25/h3-19,21-22,39-40H,1-2H3. The van der Waals surface area contributed by atoms with Crippen molar-refractivity contribution in [2.75, 3.05) is 14.2 Å². The van der Waals surface area contributed by atoms with E-state index >= 15 is 0 Å². The second-order valence-electron chi connectivity index (χ2n) is 9.29. The van der Waals surface area contributed by atoms with Gasteiger partial charge in [0.25, 0.3) is 0 Å². The summed E-state index contributed by atoms with van der Waals surface area (Å²) in [5, 5.41) is 30.7. The molecule has 0 fully saturated rings. The van der Waals surface area contributed by atoms with E-state index in [1.165, 1.54) is 14.2 Å². The second-order valence-corrected chi connectivity index (χ2v) is 9.29. The molecule has 0 heterocycles. The zero-order chi connectivity index (χ0) is 29.5. The molecule has 42 heavy (non-hydrogen) atoms. The lowest BCUT2D eigenvalue weighted by Crippen LogP contribution is -1.92. The molecule has 0 atom stereocenters. The van der Waals surface area contributed by atoms with Crippen LogP contribution in [0.4, 0.5) is 11.4 Å². The molecule has 0 aromatic heterocycles. The van der Waals surface area contributed by atoms with Crippen LogP contribution in [-0.2, 0) is 0 Å². The van der Waals surface area contributed by atoms with Crippen molar-refractivity contribution in [3.63, 3.8) is 0 Å². The van der Waals surface area contributed by atoms with Crippen molar-refractivity contribution in [3.05, 3.63) is 120 Å². The zero-order valence-corrected chi connectivity index (χ0v) is 23.0. The van der Waals surface area contributed by atoms with Crippen LogP contribution in [0.15, 0.2) is 113 Å². The number of ether oxygens (including phenoxy) is 2. The third-order valence-corrected chi connectivity index (χ3v) is 6.67. The van der Waals surface area contributed by atoms with Crippen LogP contribution in [0.25, 0.3) is 22.3 Å². The fourth-order valence-corrected chi connectivity index (χ4v) is 4.43. The van der Waals surface area contributed by atoms with Crippen LogP contribution in [0.2, 0.25) is 0 Å². The highest BCUT2D eigenvalue weighted by molar-refractivity contribution is 5.93. The van der Waals surface area contributed by atoms with Crippen molar-refractivity contribution in [2.45, 2.75) is 0 Å². The van der Waals surface area contributed by atoms with Gasteiger partial charge in [-0.2, -0.15) is 5.26 Å². The summed E-state index contributed by atoms with van der Waals surface area (Å²) in [7, 11) is 3.00. The Hall–Kier alpha value is -5.87. The van der Waals surface area contributed by atoms with E-state index in [0.717, 1.165) is 22.3 Å². The van der Waals surface area contributed by atoms with E-state index in [0.29, 0.717) is 39.6 Å². The number of rotatable bonds is 8. The molecule has 0 bridgehead atoms. The fraction of sp³-hybridized carbons (Fsp3) is 0.0571. The maximum absolute atomic E-state index is 10.8. The van der Waals surface area contributed by atoms with Crippen molar-refractivity contribution < 1.29 is 19.7 Å². The molecule has 7 nitrogen and oxygen atoms in total. The summed E-state index contributed by atoms with van der Waals surface area (Å²) >= 11 is 0. The van der Waals surface area contributed by atoms with Gasteiger partial charge in [-0.05, 0) is 70.8 Å². The van der Waals surface area contributed by atoms with E-state index in [-0.39, 0.29) is 11.5 Å². The van der Waals surface area contributed by atoms with Crippen LogP contribution in [0.1, 0.15) is 16.7 Å². The van der Waals surface area contributed by atoms with Crippen LogP contribution in [-0.4, -0.2) is 36.9 Å². The van der Waals surface area contributed by atoms with E-state index < -0.39 is 0 Å². The molecule has 206 valence electrons. The Morgan fingerprint density at radius 2 is 1.05 bits per heavy atom. The van der Waals surface area contributed by atoms with Gasteiger partial charge in [0.05, 0.1) is 37.2 Å². The Balaban J connectivity index is 1.49. The van der Waals surface area contributed by atoms with Gasteiger partial charge in [0.15, 0.2) is 23.0 Å². The van der Waals surface area contributed by atoms with Gasteiger partial charge in [0, 0.05) is 23.6 Å². The number of hydrogen-bond acceptors (Lipinski definition) is 7. The normalized spacial score (nSPS) is 11.1. The summed E-state index contributed by atoms with van der Waals surface area (Å²) in [5.41, 5.74) is 6.13. The van der Waals surface area contributed by atoms with E-state index in [1.807, 2.05) is 72.8 Å². The molecular weight excluding hydrogens is 526 g/mol. The molecule has 0 aliphatic heterocycles. The van der Waals surface area contributed by atoms with E-state index in [1.54, 1.807) is 42.8 Å². The lowest BCUT2D eigenvalue weighted by Gasteiger charge is -2.11. The Bertz CT molecular complexity index is 1820. The maximum atomic E-state index is 10.8. The minimum Gasteiger partial charge on any atom is -0.504 e. The van der Waals surface area contributed by atoms with Gasteiger partial charge in [-0.15, -0.1) is 0 Å². The quantitative estimate of drug-likeness (QED) is 0.191. The largest absolute Gasteiger partial charge is 0.504 e. The Morgan fingerprint density at radius 1 is 0.595 bits per heavy atom. The van der Waals surface area contributed by atoms with E-state index in [4.69, 9.17) is 14.7 Å². The molecule has 0 unspecified atom stereocenters. The van der Waals surface area contributed by atoms with Crippen LogP contribution >= 0.6 is 0 Å². The van der Waals surface area contributed by atoms with Crippen molar-refractivity contribution in [1.29, 1.82) is 5.26 Å². The van der Waals surface area contributed by atoms with Gasteiger partial charge < -0.3 is 19.7 Å². The minimum absolute atomic E-state index is 0.0152. The van der Waals surface area contributed by atoms with Crippen molar-refractivity contribution in [2.24, 2.45) is 9.98 Å². The molecular formula is C35H27N3O4. The number of hydrogen-bond donors (Lipinski definition) is 2. The zero-order valence-electron chi connectivity index (χ0n) is 23.0. The molecule has 5 aromatic carbocycles. The summed E-state index contributed by atoms with van der Waals surface area (Å²) in [4.78, 5) is 9.25. The highest BCUT2D eigenvalue weighted by Crippen LogP contribution is 2.37. The smallest absolute Gasteiger partial charge is 0.166 e. The first-order valence-electron chi connectivity index (χ1n) is 13.1. The molecule has 0 spiro atoms. The summed E-state index contributed by atoms with van der Waals surface area (Å²) < 4.78 is 10.8. The molecule has 0 aliphatic rings. The predicted octanol–water partition coefficient (Wildman–Crippen LogP) is 7.82. The number of methoxy groups -OCH3 is 2.